The van der Waals surface area contributed by atoms with Crippen molar-refractivity contribution in [1.82, 2.24) is 4.90 Å². The van der Waals surface area contributed by atoms with E-state index in [1.54, 1.807) is 0 Å². The molecule has 1 aliphatic heterocycles. The summed E-state index contributed by atoms with van der Waals surface area (Å²) < 4.78 is 0. The third-order valence-electron chi connectivity index (χ3n) is 4.02. The molecule has 0 fully saturated rings. The molecular formula is C20H37N2OPRu+2. The summed E-state index contributed by atoms with van der Waals surface area (Å²) in [7, 11) is -0.684. The van der Waals surface area contributed by atoms with Gasteiger partial charge in [-0.2, -0.15) is 0 Å². The molecule has 1 radical (unpaired) electrons. The van der Waals surface area contributed by atoms with Gasteiger partial charge in [-0.05, 0) is 54.6 Å². The zero-order valence-electron chi connectivity index (χ0n) is 17.2. The maximum absolute atomic E-state index is 7.75. The molecular weight excluding hydrogens is 416 g/mol. The van der Waals surface area contributed by atoms with Crippen LogP contribution in [0.1, 0.15) is 55.4 Å². The van der Waals surface area contributed by atoms with Crippen LogP contribution in [0, 0.1) is 0 Å². The summed E-state index contributed by atoms with van der Waals surface area (Å²) in [4.78, 5) is 10.2. The van der Waals surface area contributed by atoms with Gasteiger partial charge < -0.3 is 15.0 Å². The second-order valence-corrected chi connectivity index (χ2v) is 12.2. The molecule has 25 heavy (non-hydrogen) atoms. The molecule has 0 amide bonds. The van der Waals surface area contributed by atoms with Gasteiger partial charge >= 0.3 is 19.5 Å². The van der Waals surface area contributed by atoms with E-state index < -0.39 is 7.92 Å². The number of likely N-dealkylation sites (N-methyl/N-ethyl adjacent to an activating group) is 1. The Morgan fingerprint density at radius 1 is 1.08 bits per heavy atom. The van der Waals surface area contributed by atoms with Crippen molar-refractivity contribution in [2.75, 3.05) is 19.6 Å². The fourth-order valence-corrected chi connectivity index (χ4v) is 6.62. The summed E-state index contributed by atoms with van der Waals surface area (Å²) in [5, 5.41) is 5.57. The number of rotatable bonds is 5. The minimum atomic E-state index is -0.684. The van der Waals surface area contributed by atoms with Crippen LogP contribution >= 0.6 is 7.92 Å². The Morgan fingerprint density at radius 3 is 1.96 bits per heavy atom. The Bertz CT molecular complexity index is 455. The van der Waals surface area contributed by atoms with Crippen LogP contribution in [-0.2, 0) is 24.3 Å². The van der Waals surface area contributed by atoms with Crippen molar-refractivity contribution in [3.63, 3.8) is 0 Å². The second kappa shape index (κ2) is 12.2. The first kappa shape index (κ1) is 26.9. The molecule has 0 saturated heterocycles. The summed E-state index contributed by atoms with van der Waals surface area (Å²) in [6.07, 6.45) is 6.46. The van der Waals surface area contributed by atoms with Gasteiger partial charge in [-0.3, -0.25) is 6.79 Å². The van der Waals surface area contributed by atoms with Crippen LogP contribution in [0.15, 0.2) is 35.4 Å². The molecule has 0 aromatic heterocycles. The average molecular weight is 454 g/mol. The van der Waals surface area contributed by atoms with Crippen molar-refractivity contribution in [3.8, 4) is 0 Å². The van der Waals surface area contributed by atoms with Gasteiger partial charge in [0.15, 0.2) is 0 Å². The van der Waals surface area contributed by atoms with Crippen LogP contribution in [-0.4, -0.2) is 41.6 Å². The summed E-state index contributed by atoms with van der Waals surface area (Å²) >= 11 is 0. The number of allylic oxidation sites excluding steroid dienone is 3. The van der Waals surface area contributed by atoms with Crippen LogP contribution in [0.2, 0.25) is 0 Å². The second-order valence-electron chi connectivity index (χ2n) is 8.07. The maximum atomic E-state index is 7.75. The van der Waals surface area contributed by atoms with Crippen molar-refractivity contribution in [3.05, 3.63) is 40.8 Å². The third kappa shape index (κ3) is 9.83. The summed E-state index contributed by atoms with van der Waals surface area (Å²) in [5.41, 5.74) is 2.34. The van der Waals surface area contributed by atoms with E-state index in [9.17, 15) is 0 Å². The molecule has 1 rings (SSSR count). The minimum absolute atomic E-state index is 0. The van der Waals surface area contributed by atoms with Gasteiger partial charge in [0.05, 0.1) is 10.3 Å². The summed E-state index contributed by atoms with van der Waals surface area (Å²) in [5.74, 6) is 2.47. The Balaban J connectivity index is 0. The van der Waals surface area contributed by atoms with E-state index in [-0.39, 0.29) is 19.5 Å². The molecule has 0 N–H and O–H groups in total. The first-order valence-electron chi connectivity index (χ1n) is 8.72. The van der Waals surface area contributed by atoms with Gasteiger partial charge in [-0.1, -0.05) is 32.1 Å². The quantitative estimate of drug-likeness (QED) is 0.246. The monoisotopic (exact) mass is 454 g/mol. The molecule has 0 spiro atoms. The Hall–Kier alpha value is -0.297. The number of nitrogens with zero attached hydrogens (tertiary/aromatic N) is 2. The Morgan fingerprint density at radius 2 is 1.56 bits per heavy atom. The van der Waals surface area contributed by atoms with Gasteiger partial charge in [0, 0.05) is 20.3 Å². The standard InChI is InChI=1S/C19H34N2P.CHO.Ru.H/c1-9-21(10-2)14-16-12-11-13-17(20-16)15-22(18(3,4)5)19(6,7)8;1-2;;/h11-13,15H,9-10,14H2,1-8H3;1H;;/q2*-1;+3;/p+1/b17-15-;;;. The molecule has 3 nitrogen and oxygen atoms in total. The van der Waals surface area contributed by atoms with Gasteiger partial charge in [0.1, 0.15) is 0 Å². The molecule has 1 heterocycles. The average Bonchev–Trinajstić information content (AvgIpc) is 2.50. The summed E-state index contributed by atoms with van der Waals surface area (Å²) in [6, 6.07) is 0. The van der Waals surface area contributed by atoms with Crippen LogP contribution < -0.4 is 0 Å². The normalized spacial score (nSPS) is 16.1. The SMILES string of the molecule is CCN(CC)CC1=CC=C/C(=C/[PH+](C(C)(C)C)C(C)(C)C)[N-]1.[CH-]=O.[RuH+3]. The molecule has 0 aromatic rings. The summed E-state index contributed by atoms with van der Waals surface area (Å²) in [6.45, 7) is 24.9. The first-order valence-corrected chi connectivity index (χ1v) is 10.3. The van der Waals surface area contributed by atoms with E-state index in [2.05, 4.69) is 91.1 Å². The molecule has 0 atom stereocenters. The number of hydrogen-bond donors (Lipinski definition) is 0. The number of hydrogen-bond acceptors (Lipinski definition) is 2. The Kier molecular flexibility index (Phi) is 13.1. The van der Waals surface area contributed by atoms with E-state index in [1.165, 1.54) is 5.70 Å². The van der Waals surface area contributed by atoms with E-state index in [1.807, 2.05) is 0 Å². The molecule has 0 unspecified atom stereocenters. The zero-order valence-corrected chi connectivity index (χ0v) is 20.0. The molecule has 1 aliphatic rings. The fourth-order valence-electron chi connectivity index (χ4n) is 3.05. The van der Waals surface area contributed by atoms with Crippen molar-refractivity contribution < 1.29 is 24.3 Å². The van der Waals surface area contributed by atoms with Gasteiger partial charge in [-0.15, -0.1) is 11.4 Å². The van der Waals surface area contributed by atoms with Crippen molar-refractivity contribution >= 4 is 14.7 Å². The van der Waals surface area contributed by atoms with Crippen LogP contribution in [0.25, 0.3) is 5.32 Å². The zero-order chi connectivity index (χ0) is 19.0. The van der Waals surface area contributed by atoms with E-state index >= 15 is 0 Å². The third-order valence-corrected chi connectivity index (χ3v) is 7.83. The van der Waals surface area contributed by atoms with E-state index in [4.69, 9.17) is 10.1 Å². The van der Waals surface area contributed by atoms with Gasteiger partial charge in [0.25, 0.3) is 0 Å². The van der Waals surface area contributed by atoms with Crippen LogP contribution in [0.3, 0.4) is 0 Å². The van der Waals surface area contributed by atoms with Crippen molar-refractivity contribution in [2.45, 2.75) is 65.7 Å². The topological polar surface area (TPSA) is 34.4 Å². The fraction of sp³-hybridized carbons (Fsp3) is 0.650. The molecule has 5 heteroatoms. The predicted molar refractivity (Wildman–Crippen MR) is 112 cm³/mol. The number of carbonyl (C=O) groups excluding carboxylic acids is 1. The van der Waals surface area contributed by atoms with E-state index in [0.717, 1.165) is 25.3 Å². The van der Waals surface area contributed by atoms with Crippen LogP contribution in [0.4, 0.5) is 0 Å². The molecule has 0 saturated carbocycles. The van der Waals surface area contributed by atoms with E-state index in [0.29, 0.717) is 10.3 Å². The molecule has 0 aliphatic carbocycles. The van der Waals surface area contributed by atoms with Crippen LogP contribution in [0.5, 0.6) is 0 Å². The van der Waals surface area contributed by atoms with Gasteiger partial charge in [-0.25, -0.2) is 0 Å². The van der Waals surface area contributed by atoms with Crippen molar-refractivity contribution in [1.29, 1.82) is 0 Å². The Labute approximate surface area is 169 Å². The predicted octanol–water partition coefficient (Wildman–Crippen LogP) is 5.26. The molecule has 144 valence electrons. The first-order chi connectivity index (χ1) is 11.1. The van der Waals surface area contributed by atoms with Gasteiger partial charge in [0.2, 0.25) is 0 Å². The molecule has 0 aromatic carbocycles. The molecule has 0 bridgehead atoms. The van der Waals surface area contributed by atoms with Crippen molar-refractivity contribution in [2.24, 2.45) is 0 Å².